The van der Waals surface area contributed by atoms with Crippen LogP contribution in [0.1, 0.15) is 29.0 Å². The Bertz CT molecular complexity index is 879. The summed E-state index contributed by atoms with van der Waals surface area (Å²) in [6.45, 7) is 3.54. The lowest BCUT2D eigenvalue weighted by Crippen LogP contribution is -2.42. The van der Waals surface area contributed by atoms with Gasteiger partial charge in [-0.2, -0.15) is 0 Å². The number of aromatic nitrogens is 2. The average Bonchev–Trinajstić information content (AvgIpc) is 3.08. The van der Waals surface area contributed by atoms with E-state index in [2.05, 4.69) is 22.4 Å². The molecule has 1 N–H and O–H groups in total. The van der Waals surface area contributed by atoms with Gasteiger partial charge in [0.15, 0.2) is 0 Å². The summed E-state index contributed by atoms with van der Waals surface area (Å²) in [5.74, 6) is 0.0289. The van der Waals surface area contributed by atoms with Gasteiger partial charge < -0.3 is 14.6 Å². The van der Waals surface area contributed by atoms with Crippen LogP contribution in [0.2, 0.25) is 0 Å². The highest BCUT2D eigenvalue weighted by Crippen LogP contribution is 2.18. The Labute approximate surface area is 147 Å². The fourth-order valence-electron chi connectivity index (χ4n) is 3.41. The molecule has 3 aromatic rings. The number of carbonyl (C=O) groups is 1. The lowest BCUT2D eigenvalue weighted by Gasteiger charge is -2.32. The summed E-state index contributed by atoms with van der Waals surface area (Å²) in [5.41, 5.74) is 3.57. The maximum absolute atomic E-state index is 12.8. The second-order valence-corrected chi connectivity index (χ2v) is 6.60. The fraction of sp³-hybridized carbons (Fsp3) is 0.300. The van der Waals surface area contributed by atoms with Gasteiger partial charge in [-0.25, -0.2) is 4.98 Å². The second-order valence-electron chi connectivity index (χ2n) is 6.60. The quantitative estimate of drug-likeness (QED) is 0.799. The monoisotopic (exact) mass is 334 g/mol. The zero-order chi connectivity index (χ0) is 17.2. The average molecular weight is 334 g/mol. The topological polar surface area (TPSA) is 49.6 Å². The van der Waals surface area contributed by atoms with Crippen LogP contribution in [0.3, 0.4) is 0 Å². The predicted molar refractivity (Wildman–Crippen MR) is 98.9 cm³/mol. The van der Waals surface area contributed by atoms with Crippen molar-refractivity contribution in [2.24, 2.45) is 0 Å². The van der Waals surface area contributed by atoms with E-state index in [4.69, 9.17) is 0 Å². The van der Waals surface area contributed by atoms with Crippen LogP contribution in [-0.2, 0) is 0 Å². The molecule has 5 heteroatoms. The Balaban J connectivity index is 1.41. The van der Waals surface area contributed by atoms with Crippen LogP contribution in [0.5, 0.6) is 0 Å². The third-order valence-corrected chi connectivity index (χ3v) is 4.84. The first-order valence-electron chi connectivity index (χ1n) is 8.76. The number of para-hydroxylation sites is 1. The van der Waals surface area contributed by atoms with Gasteiger partial charge >= 0.3 is 0 Å². The highest BCUT2D eigenvalue weighted by molar-refractivity contribution is 5.93. The van der Waals surface area contributed by atoms with Crippen LogP contribution < -0.4 is 5.32 Å². The fourth-order valence-corrected chi connectivity index (χ4v) is 3.41. The molecule has 128 valence electrons. The van der Waals surface area contributed by atoms with E-state index in [1.54, 1.807) is 0 Å². The summed E-state index contributed by atoms with van der Waals surface area (Å²) in [7, 11) is 0. The minimum Gasteiger partial charge on any atom is -0.382 e. The maximum atomic E-state index is 12.8. The summed E-state index contributed by atoms with van der Waals surface area (Å²) < 4.78 is 1.97. The van der Waals surface area contributed by atoms with Crippen molar-refractivity contribution >= 4 is 17.2 Å². The number of rotatable bonds is 3. The summed E-state index contributed by atoms with van der Waals surface area (Å²) in [4.78, 5) is 19.2. The molecule has 3 heterocycles. The smallest absolute Gasteiger partial charge is 0.274 e. The van der Waals surface area contributed by atoms with Gasteiger partial charge in [-0.3, -0.25) is 4.79 Å². The molecule has 4 rings (SSSR count). The van der Waals surface area contributed by atoms with Crippen molar-refractivity contribution in [3.63, 3.8) is 0 Å². The predicted octanol–water partition coefficient (Wildman–Crippen LogP) is 3.36. The van der Waals surface area contributed by atoms with E-state index >= 15 is 0 Å². The number of benzene rings is 1. The highest BCUT2D eigenvalue weighted by atomic mass is 16.2. The van der Waals surface area contributed by atoms with Crippen molar-refractivity contribution in [1.82, 2.24) is 14.3 Å². The Morgan fingerprint density at radius 2 is 1.84 bits per heavy atom. The number of nitrogens with one attached hydrogen (secondary N) is 1. The number of nitrogens with zero attached hydrogens (tertiary/aromatic N) is 3. The molecule has 1 amide bonds. The van der Waals surface area contributed by atoms with E-state index in [1.165, 1.54) is 0 Å². The Kier molecular flexibility index (Phi) is 4.14. The summed E-state index contributed by atoms with van der Waals surface area (Å²) in [6.07, 6.45) is 3.75. The van der Waals surface area contributed by atoms with Crippen molar-refractivity contribution in [3.8, 4) is 0 Å². The largest absolute Gasteiger partial charge is 0.382 e. The summed E-state index contributed by atoms with van der Waals surface area (Å²) in [5, 5.41) is 3.55. The van der Waals surface area contributed by atoms with Crippen LogP contribution >= 0.6 is 0 Å². The number of pyridine rings is 1. The van der Waals surface area contributed by atoms with Gasteiger partial charge in [-0.1, -0.05) is 24.3 Å². The van der Waals surface area contributed by atoms with E-state index in [-0.39, 0.29) is 5.91 Å². The van der Waals surface area contributed by atoms with Gasteiger partial charge in [-0.05, 0) is 44.0 Å². The van der Waals surface area contributed by atoms with Crippen molar-refractivity contribution in [3.05, 3.63) is 66.1 Å². The molecule has 1 aliphatic heterocycles. The van der Waals surface area contributed by atoms with Gasteiger partial charge in [0.25, 0.3) is 5.91 Å². The van der Waals surface area contributed by atoms with Crippen LogP contribution in [0.4, 0.5) is 5.69 Å². The van der Waals surface area contributed by atoms with Gasteiger partial charge in [0.1, 0.15) is 11.3 Å². The molecule has 25 heavy (non-hydrogen) atoms. The third-order valence-electron chi connectivity index (χ3n) is 4.84. The van der Waals surface area contributed by atoms with Crippen molar-refractivity contribution in [2.45, 2.75) is 25.8 Å². The number of amides is 1. The SMILES string of the molecule is Cc1cccc2nc(C(=O)N3CCC(Nc4ccccc4)CC3)cn12. The molecular weight excluding hydrogens is 312 g/mol. The number of anilines is 1. The number of fused-ring (bicyclic) bond motifs is 1. The molecule has 1 saturated heterocycles. The first-order chi connectivity index (χ1) is 12.2. The molecule has 0 unspecified atom stereocenters. The van der Waals surface area contributed by atoms with Crippen LogP contribution in [0, 0.1) is 6.92 Å². The minimum atomic E-state index is 0.0289. The summed E-state index contributed by atoms with van der Waals surface area (Å²) >= 11 is 0. The van der Waals surface area contributed by atoms with E-state index in [0.29, 0.717) is 11.7 Å². The van der Waals surface area contributed by atoms with Crippen LogP contribution in [-0.4, -0.2) is 39.3 Å². The molecule has 0 bridgehead atoms. The number of aryl methyl sites for hydroxylation is 1. The number of hydrogen-bond donors (Lipinski definition) is 1. The number of likely N-dealkylation sites (tertiary alicyclic amines) is 1. The molecule has 0 spiro atoms. The van der Waals surface area contributed by atoms with Gasteiger partial charge in [0.2, 0.25) is 0 Å². The third kappa shape index (κ3) is 3.22. The molecule has 0 radical (unpaired) electrons. The molecule has 2 aromatic heterocycles. The normalized spacial score (nSPS) is 15.5. The van der Waals surface area contributed by atoms with E-state index in [9.17, 15) is 4.79 Å². The Morgan fingerprint density at radius 1 is 1.08 bits per heavy atom. The van der Waals surface area contributed by atoms with Crippen molar-refractivity contribution in [1.29, 1.82) is 0 Å². The first-order valence-corrected chi connectivity index (χ1v) is 8.76. The number of carbonyl (C=O) groups excluding carboxylic acids is 1. The van der Waals surface area contributed by atoms with Crippen molar-refractivity contribution < 1.29 is 4.79 Å². The zero-order valence-electron chi connectivity index (χ0n) is 14.4. The molecule has 0 atom stereocenters. The molecule has 1 aromatic carbocycles. The lowest BCUT2D eigenvalue weighted by molar-refractivity contribution is 0.0713. The van der Waals surface area contributed by atoms with Crippen LogP contribution in [0.25, 0.3) is 5.65 Å². The molecular formula is C20H22N4O. The van der Waals surface area contributed by atoms with Gasteiger partial charge in [0.05, 0.1) is 0 Å². The van der Waals surface area contributed by atoms with Crippen molar-refractivity contribution in [2.75, 3.05) is 18.4 Å². The van der Waals surface area contributed by atoms with E-state index in [0.717, 1.165) is 43.0 Å². The standard InChI is InChI=1S/C20H22N4O/c1-15-6-5-9-19-22-18(14-24(15)19)20(25)23-12-10-17(11-13-23)21-16-7-3-2-4-8-16/h2-9,14,17,21H,10-13H2,1H3. The number of hydrogen-bond acceptors (Lipinski definition) is 3. The van der Waals surface area contributed by atoms with Gasteiger partial charge in [0, 0.05) is 36.7 Å². The Hall–Kier alpha value is -2.82. The molecule has 5 nitrogen and oxygen atoms in total. The first kappa shape index (κ1) is 15.7. The number of imidazole rings is 1. The Morgan fingerprint density at radius 3 is 2.56 bits per heavy atom. The zero-order valence-corrected chi connectivity index (χ0v) is 14.4. The maximum Gasteiger partial charge on any atom is 0.274 e. The lowest BCUT2D eigenvalue weighted by atomic mass is 10.0. The molecule has 0 saturated carbocycles. The van der Waals surface area contributed by atoms with E-state index < -0.39 is 0 Å². The highest BCUT2D eigenvalue weighted by Gasteiger charge is 2.25. The summed E-state index contributed by atoms with van der Waals surface area (Å²) in [6, 6.07) is 16.6. The van der Waals surface area contributed by atoms with Crippen LogP contribution in [0.15, 0.2) is 54.7 Å². The molecule has 1 aliphatic rings. The molecule has 0 aliphatic carbocycles. The van der Waals surface area contributed by atoms with E-state index in [1.807, 2.05) is 58.8 Å². The second kappa shape index (κ2) is 6.59. The van der Waals surface area contributed by atoms with Gasteiger partial charge in [-0.15, -0.1) is 0 Å². The minimum absolute atomic E-state index is 0.0289. The number of piperidine rings is 1. The molecule has 1 fully saturated rings.